The zero-order valence-electron chi connectivity index (χ0n) is 12.8. The molecule has 0 bridgehead atoms. The first-order valence-electron chi connectivity index (χ1n) is 7.92. The Bertz CT molecular complexity index is 496. The van der Waals surface area contributed by atoms with Gasteiger partial charge in [-0.1, -0.05) is 56.0 Å². The smallest absolute Gasteiger partial charge is 0.240 e. The number of nitrogens with one attached hydrogen (secondary N) is 1. The van der Waals surface area contributed by atoms with E-state index < -0.39 is 5.41 Å². The molecule has 1 amide bonds. The van der Waals surface area contributed by atoms with Crippen molar-refractivity contribution >= 4 is 5.91 Å². The molecule has 1 aliphatic rings. The number of carbonyl (C=O) groups is 1. The zero-order valence-corrected chi connectivity index (χ0v) is 12.8. The molecule has 1 unspecified atom stereocenters. The highest BCUT2D eigenvalue weighted by Gasteiger charge is 2.39. The van der Waals surface area contributed by atoms with Crippen molar-refractivity contribution in [3.05, 3.63) is 35.9 Å². The molecule has 1 saturated carbocycles. The van der Waals surface area contributed by atoms with Gasteiger partial charge in [0.2, 0.25) is 5.91 Å². The average molecular weight is 284 g/mol. The maximum absolute atomic E-state index is 12.6. The van der Waals surface area contributed by atoms with Gasteiger partial charge in [-0.25, -0.2) is 0 Å². The number of benzene rings is 1. The first-order valence-corrected chi connectivity index (χ1v) is 7.92. The zero-order chi connectivity index (χ0) is 15.1. The van der Waals surface area contributed by atoms with E-state index in [1.165, 1.54) is 5.56 Å². The van der Waals surface area contributed by atoms with Crippen molar-refractivity contribution in [2.24, 2.45) is 5.41 Å². The van der Waals surface area contributed by atoms with Crippen LogP contribution in [0.3, 0.4) is 0 Å². The Balaban J connectivity index is 1.97. The van der Waals surface area contributed by atoms with Crippen molar-refractivity contribution in [2.75, 3.05) is 0 Å². The van der Waals surface area contributed by atoms with Crippen LogP contribution in [0.15, 0.2) is 30.3 Å². The summed E-state index contributed by atoms with van der Waals surface area (Å²) in [6, 6.07) is 12.5. The predicted octanol–water partition coefficient (Wildman–Crippen LogP) is 3.60. The number of nitriles is 1. The molecule has 21 heavy (non-hydrogen) atoms. The van der Waals surface area contributed by atoms with Crippen LogP contribution >= 0.6 is 0 Å². The fourth-order valence-corrected chi connectivity index (χ4v) is 3.10. The van der Waals surface area contributed by atoms with Gasteiger partial charge in [-0.05, 0) is 31.7 Å². The Labute approximate surface area is 127 Å². The Morgan fingerprint density at radius 1 is 1.24 bits per heavy atom. The van der Waals surface area contributed by atoms with Gasteiger partial charge in [-0.3, -0.25) is 4.79 Å². The largest absolute Gasteiger partial charge is 0.352 e. The van der Waals surface area contributed by atoms with Crippen LogP contribution in [0, 0.1) is 16.7 Å². The fourth-order valence-electron chi connectivity index (χ4n) is 3.10. The number of carbonyl (C=O) groups excluding carboxylic acids is 1. The van der Waals surface area contributed by atoms with E-state index in [0.717, 1.165) is 32.1 Å². The lowest BCUT2D eigenvalue weighted by Crippen LogP contribution is -2.44. The van der Waals surface area contributed by atoms with Crippen LogP contribution in [0.2, 0.25) is 0 Å². The van der Waals surface area contributed by atoms with Gasteiger partial charge in [-0.2, -0.15) is 5.26 Å². The van der Waals surface area contributed by atoms with Crippen molar-refractivity contribution in [2.45, 2.75) is 57.9 Å². The lowest BCUT2D eigenvalue weighted by Gasteiger charge is -2.26. The number of rotatable bonds is 4. The molecule has 0 spiro atoms. The van der Waals surface area contributed by atoms with E-state index in [1.807, 2.05) is 25.1 Å². The van der Waals surface area contributed by atoms with Crippen LogP contribution in [0.4, 0.5) is 0 Å². The van der Waals surface area contributed by atoms with Crippen molar-refractivity contribution < 1.29 is 4.79 Å². The number of amides is 1. The Morgan fingerprint density at radius 3 is 2.43 bits per heavy atom. The van der Waals surface area contributed by atoms with Crippen molar-refractivity contribution in [3.63, 3.8) is 0 Å². The molecule has 2 rings (SSSR count). The first kappa shape index (κ1) is 15.6. The quantitative estimate of drug-likeness (QED) is 0.859. The third kappa shape index (κ3) is 4.07. The number of hydrogen-bond donors (Lipinski definition) is 1. The molecule has 1 atom stereocenters. The molecule has 3 heteroatoms. The molecule has 1 N–H and O–H groups in total. The topological polar surface area (TPSA) is 52.9 Å². The van der Waals surface area contributed by atoms with E-state index in [2.05, 4.69) is 23.5 Å². The summed E-state index contributed by atoms with van der Waals surface area (Å²) in [4.78, 5) is 12.6. The van der Waals surface area contributed by atoms with E-state index in [0.29, 0.717) is 12.8 Å². The molecule has 1 fully saturated rings. The Kier molecular flexibility index (Phi) is 5.38. The molecular formula is C18H24N2O. The first-order chi connectivity index (χ1) is 10.2. The summed E-state index contributed by atoms with van der Waals surface area (Å²) in [5.74, 6) is -0.0738. The summed E-state index contributed by atoms with van der Waals surface area (Å²) in [5.41, 5.74) is 0.402. The lowest BCUT2D eigenvalue weighted by molar-refractivity contribution is -0.129. The maximum atomic E-state index is 12.6. The fraction of sp³-hybridized carbons (Fsp3) is 0.556. The highest BCUT2D eigenvalue weighted by Crippen LogP contribution is 2.34. The van der Waals surface area contributed by atoms with Gasteiger partial charge < -0.3 is 5.32 Å². The van der Waals surface area contributed by atoms with Gasteiger partial charge in [0.25, 0.3) is 0 Å². The van der Waals surface area contributed by atoms with Gasteiger partial charge in [0.15, 0.2) is 0 Å². The van der Waals surface area contributed by atoms with Crippen LogP contribution in [-0.2, 0) is 11.2 Å². The molecule has 0 saturated heterocycles. The van der Waals surface area contributed by atoms with E-state index in [4.69, 9.17) is 0 Å². The summed E-state index contributed by atoms with van der Waals surface area (Å²) in [5, 5.41) is 12.6. The van der Waals surface area contributed by atoms with Gasteiger partial charge in [0, 0.05) is 6.04 Å². The van der Waals surface area contributed by atoms with Crippen LogP contribution in [0.1, 0.15) is 51.0 Å². The Hall–Kier alpha value is -1.82. The molecule has 0 radical (unpaired) electrons. The minimum absolute atomic E-state index is 0.0494. The summed E-state index contributed by atoms with van der Waals surface area (Å²) in [7, 11) is 0. The lowest BCUT2D eigenvalue weighted by atomic mass is 9.80. The van der Waals surface area contributed by atoms with E-state index in [9.17, 15) is 10.1 Å². The predicted molar refractivity (Wildman–Crippen MR) is 83.5 cm³/mol. The van der Waals surface area contributed by atoms with Crippen LogP contribution < -0.4 is 5.32 Å². The molecule has 112 valence electrons. The van der Waals surface area contributed by atoms with Gasteiger partial charge in [0.1, 0.15) is 5.41 Å². The average Bonchev–Trinajstić information content (AvgIpc) is 2.74. The highest BCUT2D eigenvalue weighted by molar-refractivity contribution is 5.85. The van der Waals surface area contributed by atoms with Crippen LogP contribution in [0.25, 0.3) is 0 Å². The summed E-state index contributed by atoms with van der Waals surface area (Å²) in [6.07, 6.45) is 6.43. The van der Waals surface area contributed by atoms with E-state index >= 15 is 0 Å². The minimum atomic E-state index is -0.804. The van der Waals surface area contributed by atoms with E-state index in [1.54, 1.807) is 0 Å². The normalized spacial score (nSPS) is 19.0. The molecule has 1 aliphatic carbocycles. The number of nitrogens with zero attached hydrogens (tertiary/aromatic N) is 1. The standard InChI is InChI=1S/C18H24N2O/c1-15(13-16-9-5-4-6-10-16)20-17(21)18(14-19)11-7-2-3-8-12-18/h4-6,9-10,15H,2-3,7-8,11-13H2,1H3,(H,20,21). The maximum Gasteiger partial charge on any atom is 0.240 e. The van der Waals surface area contributed by atoms with Gasteiger partial charge in [0.05, 0.1) is 6.07 Å². The SMILES string of the molecule is CC(Cc1ccccc1)NC(=O)C1(C#N)CCCCCC1. The molecule has 0 aliphatic heterocycles. The molecule has 0 heterocycles. The monoisotopic (exact) mass is 284 g/mol. The Morgan fingerprint density at radius 2 is 1.86 bits per heavy atom. The van der Waals surface area contributed by atoms with Crippen LogP contribution in [-0.4, -0.2) is 11.9 Å². The molecule has 1 aromatic carbocycles. The van der Waals surface area contributed by atoms with Gasteiger partial charge >= 0.3 is 0 Å². The second kappa shape index (κ2) is 7.26. The molecular weight excluding hydrogens is 260 g/mol. The van der Waals surface area contributed by atoms with E-state index in [-0.39, 0.29) is 11.9 Å². The van der Waals surface area contributed by atoms with Crippen LogP contribution in [0.5, 0.6) is 0 Å². The third-order valence-corrected chi connectivity index (χ3v) is 4.37. The van der Waals surface area contributed by atoms with Crippen molar-refractivity contribution in [1.82, 2.24) is 5.32 Å². The highest BCUT2D eigenvalue weighted by atomic mass is 16.2. The van der Waals surface area contributed by atoms with Gasteiger partial charge in [-0.15, -0.1) is 0 Å². The summed E-state index contributed by atoms with van der Waals surface area (Å²) >= 11 is 0. The third-order valence-electron chi connectivity index (χ3n) is 4.37. The number of hydrogen-bond acceptors (Lipinski definition) is 2. The van der Waals surface area contributed by atoms with Crippen molar-refractivity contribution in [1.29, 1.82) is 5.26 Å². The summed E-state index contributed by atoms with van der Waals surface area (Å²) < 4.78 is 0. The summed E-state index contributed by atoms with van der Waals surface area (Å²) in [6.45, 7) is 2.01. The minimum Gasteiger partial charge on any atom is -0.352 e. The van der Waals surface area contributed by atoms with Crippen molar-refractivity contribution in [3.8, 4) is 6.07 Å². The molecule has 0 aromatic heterocycles. The second-order valence-electron chi connectivity index (χ2n) is 6.17. The molecule has 1 aromatic rings. The molecule has 3 nitrogen and oxygen atoms in total. The second-order valence-corrected chi connectivity index (χ2v) is 6.17.